The summed E-state index contributed by atoms with van der Waals surface area (Å²) in [5, 5.41) is 2.18. The van der Waals surface area contributed by atoms with Crippen molar-refractivity contribution in [3.8, 4) is 5.75 Å². The van der Waals surface area contributed by atoms with E-state index in [4.69, 9.17) is 16.3 Å². The summed E-state index contributed by atoms with van der Waals surface area (Å²) in [5.74, 6) is 0.268. The largest absolute Gasteiger partial charge is 0.482 e. The molecule has 6 nitrogen and oxygen atoms in total. The van der Waals surface area contributed by atoms with Crippen LogP contribution >= 0.6 is 22.9 Å². The third-order valence-electron chi connectivity index (χ3n) is 3.87. The maximum atomic E-state index is 12.5. The van der Waals surface area contributed by atoms with Gasteiger partial charge in [-0.25, -0.2) is 8.42 Å². The third kappa shape index (κ3) is 4.14. The molecular weight excluding hydrogens is 384 g/mol. The van der Waals surface area contributed by atoms with Crippen LogP contribution in [0.4, 0.5) is 0 Å². The van der Waals surface area contributed by atoms with Crippen molar-refractivity contribution in [1.82, 2.24) is 9.21 Å². The Bertz CT molecular complexity index is 832. The average molecular weight is 401 g/mol. The molecule has 0 bridgehead atoms. The van der Waals surface area contributed by atoms with Gasteiger partial charge in [-0.3, -0.25) is 4.79 Å². The molecule has 3 rings (SSSR count). The standard InChI is InChI=1S/C16H17ClN2O4S2/c17-13-4-1-2-5-14(13)23-12-15(20)18-7-9-19(10-8-18)25(21,22)16-6-3-11-24-16/h1-6,11H,7-10,12H2. The van der Waals surface area contributed by atoms with Crippen molar-refractivity contribution in [1.29, 1.82) is 0 Å². The molecule has 1 fully saturated rings. The summed E-state index contributed by atoms with van der Waals surface area (Å²) in [6.45, 7) is 1.11. The first-order valence-electron chi connectivity index (χ1n) is 7.67. The minimum Gasteiger partial charge on any atom is -0.482 e. The molecule has 0 N–H and O–H groups in total. The minimum atomic E-state index is -3.46. The highest BCUT2D eigenvalue weighted by molar-refractivity contribution is 7.91. The summed E-state index contributed by atoms with van der Waals surface area (Å²) < 4.78 is 32.1. The SMILES string of the molecule is O=C(COc1ccccc1Cl)N1CCN(S(=O)(=O)c2cccs2)CC1. The normalized spacial score (nSPS) is 16.0. The van der Waals surface area contributed by atoms with E-state index in [2.05, 4.69) is 0 Å². The molecule has 0 saturated carbocycles. The van der Waals surface area contributed by atoms with Crippen molar-refractivity contribution in [3.05, 3.63) is 46.8 Å². The van der Waals surface area contributed by atoms with E-state index in [1.165, 1.54) is 15.6 Å². The summed E-state index contributed by atoms with van der Waals surface area (Å²) in [7, 11) is -3.46. The summed E-state index contributed by atoms with van der Waals surface area (Å²) in [5.41, 5.74) is 0. The van der Waals surface area contributed by atoms with Crippen molar-refractivity contribution in [2.75, 3.05) is 32.8 Å². The number of para-hydroxylation sites is 1. The van der Waals surface area contributed by atoms with Crippen LogP contribution < -0.4 is 4.74 Å². The van der Waals surface area contributed by atoms with Crippen LogP contribution in [-0.2, 0) is 14.8 Å². The lowest BCUT2D eigenvalue weighted by Gasteiger charge is -2.33. The fourth-order valence-electron chi connectivity index (χ4n) is 2.51. The first-order chi connectivity index (χ1) is 12.0. The number of ether oxygens (including phenoxy) is 1. The summed E-state index contributed by atoms with van der Waals surface area (Å²) in [6, 6.07) is 10.2. The van der Waals surface area contributed by atoms with Crippen LogP contribution in [0.3, 0.4) is 0 Å². The molecule has 1 amide bonds. The lowest BCUT2D eigenvalue weighted by Crippen LogP contribution is -2.51. The van der Waals surface area contributed by atoms with E-state index in [0.29, 0.717) is 28.1 Å². The minimum absolute atomic E-state index is 0.124. The van der Waals surface area contributed by atoms with Gasteiger partial charge in [-0.1, -0.05) is 29.8 Å². The van der Waals surface area contributed by atoms with Crippen molar-refractivity contribution >= 4 is 38.9 Å². The number of halogens is 1. The van der Waals surface area contributed by atoms with Crippen molar-refractivity contribution in [2.24, 2.45) is 0 Å². The number of nitrogens with zero attached hydrogens (tertiary/aromatic N) is 2. The fraction of sp³-hybridized carbons (Fsp3) is 0.312. The Labute approximate surface area is 155 Å². The van der Waals surface area contributed by atoms with Gasteiger partial charge < -0.3 is 9.64 Å². The highest BCUT2D eigenvalue weighted by Gasteiger charge is 2.30. The maximum absolute atomic E-state index is 12.5. The van der Waals surface area contributed by atoms with Gasteiger partial charge in [0.1, 0.15) is 9.96 Å². The molecule has 1 aliphatic heterocycles. The Morgan fingerprint density at radius 1 is 1.12 bits per heavy atom. The van der Waals surface area contributed by atoms with E-state index in [1.54, 1.807) is 46.7 Å². The molecule has 0 atom stereocenters. The number of rotatable bonds is 5. The van der Waals surface area contributed by atoms with Gasteiger partial charge in [-0.05, 0) is 23.6 Å². The predicted molar refractivity (Wildman–Crippen MR) is 96.6 cm³/mol. The van der Waals surface area contributed by atoms with Crippen LogP contribution in [0.1, 0.15) is 0 Å². The summed E-state index contributed by atoms with van der Waals surface area (Å²) >= 11 is 7.18. The predicted octanol–water partition coefficient (Wildman–Crippen LogP) is 2.31. The first-order valence-corrected chi connectivity index (χ1v) is 10.4. The first kappa shape index (κ1) is 18.2. The molecule has 25 heavy (non-hydrogen) atoms. The highest BCUT2D eigenvalue weighted by atomic mass is 35.5. The van der Waals surface area contributed by atoms with E-state index in [-0.39, 0.29) is 25.6 Å². The smallest absolute Gasteiger partial charge is 0.260 e. The van der Waals surface area contributed by atoms with Crippen LogP contribution in [0, 0.1) is 0 Å². The number of sulfonamides is 1. The number of benzene rings is 1. The number of thiophene rings is 1. The molecular formula is C16H17ClN2O4S2. The van der Waals surface area contributed by atoms with Gasteiger partial charge >= 0.3 is 0 Å². The molecule has 0 spiro atoms. The molecule has 134 valence electrons. The summed E-state index contributed by atoms with van der Waals surface area (Å²) in [6.07, 6.45) is 0. The second-order valence-corrected chi connectivity index (χ2v) is 8.96. The lowest BCUT2D eigenvalue weighted by molar-refractivity contribution is -0.134. The van der Waals surface area contributed by atoms with Crippen LogP contribution in [-0.4, -0.2) is 56.3 Å². The lowest BCUT2D eigenvalue weighted by atomic mass is 10.3. The Morgan fingerprint density at radius 2 is 1.84 bits per heavy atom. The van der Waals surface area contributed by atoms with Crippen molar-refractivity contribution in [2.45, 2.75) is 4.21 Å². The Morgan fingerprint density at radius 3 is 2.48 bits per heavy atom. The van der Waals surface area contributed by atoms with Crippen LogP contribution in [0.2, 0.25) is 5.02 Å². The van der Waals surface area contributed by atoms with E-state index >= 15 is 0 Å². The van der Waals surface area contributed by atoms with Gasteiger partial charge in [-0.15, -0.1) is 11.3 Å². The number of carbonyl (C=O) groups excluding carboxylic acids is 1. The number of amides is 1. The van der Waals surface area contributed by atoms with E-state index in [0.717, 1.165) is 0 Å². The van der Waals surface area contributed by atoms with Crippen LogP contribution in [0.5, 0.6) is 5.75 Å². The van der Waals surface area contributed by atoms with Crippen LogP contribution in [0.15, 0.2) is 46.0 Å². The van der Waals surface area contributed by atoms with E-state index in [9.17, 15) is 13.2 Å². The number of piperazine rings is 1. The van der Waals surface area contributed by atoms with Gasteiger partial charge in [-0.2, -0.15) is 4.31 Å². The van der Waals surface area contributed by atoms with Gasteiger partial charge in [0.05, 0.1) is 5.02 Å². The molecule has 9 heteroatoms. The van der Waals surface area contributed by atoms with E-state index in [1.807, 2.05) is 0 Å². The Balaban J connectivity index is 1.54. The topological polar surface area (TPSA) is 66.9 Å². The third-order valence-corrected chi connectivity index (χ3v) is 7.45. The quantitative estimate of drug-likeness (QED) is 0.772. The van der Waals surface area contributed by atoms with Crippen LogP contribution in [0.25, 0.3) is 0 Å². The summed E-state index contributed by atoms with van der Waals surface area (Å²) in [4.78, 5) is 13.9. The average Bonchev–Trinajstić information content (AvgIpc) is 3.16. The zero-order valence-corrected chi connectivity index (χ0v) is 15.7. The monoisotopic (exact) mass is 400 g/mol. The molecule has 1 aromatic carbocycles. The molecule has 1 aliphatic rings. The molecule has 2 aromatic rings. The molecule has 0 aliphatic carbocycles. The fourth-order valence-corrected chi connectivity index (χ4v) is 5.26. The zero-order chi connectivity index (χ0) is 17.9. The van der Waals surface area contributed by atoms with Crippen molar-refractivity contribution < 1.29 is 17.9 Å². The second kappa shape index (κ2) is 7.74. The van der Waals surface area contributed by atoms with E-state index < -0.39 is 10.0 Å². The zero-order valence-electron chi connectivity index (χ0n) is 13.3. The number of carbonyl (C=O) groups is 1. The molecule has 2 heterocycles. The number of hydrogen-bond acceptors (Lipinski definition) is 5. The van der Waals surface area contributed by atoms with Gasteiger partial charge in [0.15, 0.2) is 6.61 Å². The molecule has 0 unspecified atom stereocenters. The molecule has 0 radical (unpaired) electrons. The van der Waals surface area contributed by atoms with Gasteiger partial charge in [0.25, 0.3) is 15.9 Å². The van der Waals surface area contributed by atoms with Crippen molar-refractivity contribution in [3.63, 3.8) is 0 Å². The maximum Gasteiger partial charge on any atom is 0.260 e. The van der Waals surface area contributed by atoms with Gasteiger partial charge in [0, 0.05) is 26.2 Å². The molecule has 1 aromatic heterocycles. The second-order valence-electron chi connectivity index (χ2n) is 5.44. The Hall–Kier alpha value is -1.61. The van der Waals surface area contributed by atoms with Gasteiger partial charge in [0.2, 0.25) is 0 Å². The Kier molecular flexibility index (Phi) is 5.63. The molecule has 1 saturated heterocycles. The highest BCUT2D eigenvalue weighted by Crippen LogP contribution is 2.24. The number of hydrogen-bond donors (Lipinski definition) is 0.